The highest BCUT2D eigenvalue weighted by Gasteiger charge is 2.36. The Balaban J connectivity index is 2.15. The highest BCUT2D eigenvalue weighted by molar-refractivity contribution is 7.91. The van der Waals surface area contributed by atoms with Gasteiger partial charge in [-0.2, -0.15) is 4.31 Å². The molecule has 1 aliphatic rings. The van der Waals surface area contributed by atoms with Crippen LogP contribution in [0.3, 0.4) is 0 Å². The molecule has 0 aromatic carbocycles. The van der Waals surface area contributed by atoms with Gasteiger partial charge in [0.05, 0.1) is 5.60 Å². The van der Waals surface area contributed by atoms with E-state index in [-0.39, 0.29) is 10.8 Å². The minimum atomic E-state index is -3.53. The predicted octanol–water partition coefficient (Wildman–Crippen LogP) is 1.26. The van der Waals surface area contributed by atoms with Crippen LogP contribution in [-0.4, -0.2) is 37.0 Å². The summed E-state index contributed by atoms with van der Waals surface area (Å²) in [6.45, 7) is 0.146. The third-order valence-corrected chi connectivity index (χ3v) is 6.55. The molecule has 1 saturated carbocycles. The average molecular weight is 290 g/mol. The lowest BCUT2D eigenvalue weighted by Crippen LogP contribution is -2.41. The summed E-state index contributed by atoms with van der Waals surface area (Å²) in [5, 5.41) is 11.9. The molecule has 18 heavy (non-hydrogen) atoms. The number of nitrogens with zero attached hydrogens (tertiary/aromatic N) is 1. The molecule has 0 amide bonds. The number of sulfonamides is 1. The van der Waals surface area contributed by atoms with E-state index in [1.54, 1.807) is 5.38 Å². The zero-order valence-electron chi connectivity index (χ0n) is 10.3. The summed E-state index contributed by atoms with van der Waals surface area (Å²) >= 11 is 1.11. The fourth-order valence-electron chi connectivity index (χ4n) is 2.31. The van der Waals surface area contributed by atoms with Crippen molar-refractivity contribution >= 4 is 27.0 Å². The van der Waals surface area contributed by atoms with Gasteiger partial charge in [-0.3, -0.25) is 0 Å². The minimum Gasteiger partial charge on any atom is -0.398 e. The average Bonchev–Trinajstić information content (AvgIpc) is 2.87. The summed E-state index contributed by atoms with van der Waals surface area (Å²) in [5.41, 5.74) is 5.12. The highest BCUT2D eigenvalue weighted by Crippen LogP contribution is 2.32. The number of nitrogens with two attached hydrogens (primary N) is 1. The summed E-state index contributed by atoms with van der Waals surface area (Å²) in [5.74, 6) is 0. The fourth-order valence-corrected chi connectivity index (χ4v) is 4.85. The zero-order chi connectivity index (χ0) is 13.4. The summed E-state index contributed by atoms with van der Waals surface area (Å²) in [6, 6.07) is 1.45. The largest absolute Gasteiger partial charge is 0.398 e. The van der Waals surface area contributed by atoms with E-state index in [0.29, 0.717) is 18.5 Å². The fraction of sp³-hybridized carbons (Fsp3) is 0.636. The van der Waals surface area contributed by atoms with Crippen LogP contribution >= 0.6 is 11.3 Å². The number of anilines is 1. The van der Waals surface area contributed by atoms with Gasteiger partial charge in [0.1, 0.15) is 4.21 Å². The normalized spacial score (nSPS) is 19.5. The Labute approximate surface area is 111 Å². The Morgan fingerprint density at radius 3 is 2.61 bits per heavy atom. The van der Waals surface area contributed by atoms with Crippen LogP contribution in [-0.2, 0) is 10.0 Å². The third-order valence-electron chi connectivity index (χ3n) is 3.31. The van der Waals surface area contributed by atoms with Crippen molar-refractivity contribution in [2.45, 2.75) is 35.5 Å². The van der Waals surface area contributed by atoms with Crippen molar-refractivity contribution in [2.24, 2.45) is 0 Å². The number of aliphatic hydroxyl groups is 1. The lowest BCUT2D eigenvalue weighted by molar-refractivity contribution is 0.0334. The molecule has 0 spiro atoms. The van der Waals surface area contributed by atoms with Crippen LogP contribution < -0.4 is 5.73 Å². The first-order valence-electron chi connectivity index (χ1n) is 5.86. The first-order valence-corrected chi connectivity index (χ1v) is 8.18. The van der Waals surface area contributed by atoms with E-state index in [4.69, 9.17) is 5.73 Å². The SMILES string of the molecule is CN(CC1(O)CCCC1)S(=O)(=O)c1cc(N)cs1. The second-order valence-electron chi connectivity index (χ2n) is 4.89. The number of nitrogen functional groups attached to an aromatic ring is 1. The van der Waals surface area contributed by atoms with E-state index in [9.17, 15) is 13.5 Å². The van der Waals surface area contributed by atoms with Gasteiger partial charge in [0.15, 0.2) is 0 Å². The maximum atomic E-state index is 12.2. The molecule has 1 aliphatic carbocycles. The number of hydrogen-bond acceptors (Lipinski definition) is 5. The van der Waals surface area contributed by atoms with Crippen LogP contribution in [0.25, 0.3) is 0 Å². The van der Waals surface area contributed by atoms with Gasteiger partial charge in [-0.1, -0.05) is 12.8 Å². The van der Waals surface area contributed by atoms with E-state index in [1.807, 2.05) is 0 Å². The van der Waals surface area contributed by atoms with Crippen molar-refractivity contribution in [1.82, 2.24) is 4.31 Å². The first-order chi connectivity index (χ1) is 8.33. The second-order valence-corrected chi connectivity index (χ2v) is 8.07. The molecule has 1 aromatic rings. The van der Waals surface area contributed by atoms with Gasteiger partial charge in [0.2, 0.25) is 0 Å². The van der Waals surface area contributed by atoms with Crippen molar-refractivity contribution in [3.05, 3.63) is 11.4 Å². The van der Waals surface area contributed by atoms with Crippen LogP contribution in [0.2, 0.25) is 0 Å². The molecule has 0 bridgehead atoms. The van der Waals surface area contributed by atoms with Crippen molar-refractivity contribution in [2.75, 3.05) is 19.3 Å². The molecule has 0 radical (unpaired) electrons. The zero-order valence-corrected chi connectivity index (χ0v) is 11.9. The van der Waals surface area contributed by atoms with Gasteiger partial charge in [-0.15, -0.1) is 11.3 Å². The molecular weight excluding hydrogens is 272 g/mol. The number of rotatable bonds is 4. The van der Waals surface area contributed by atoms with Crippen LogP contribution in [0.4, 0.5) is 5.69 Å². The summed E-state index contributed by atoms with van der Waals surface area (Å²) < 4.78 is 25.9. The lowest BCUT2D eigenvalue weighted by atomic mass is 10.0. The van der Waals surface area contributed by atoms with Gasteiger partial charge in [-0.05, 0) is 18.9 Å². The molecule has 0 atom stereocenters. The molecule has 5 nitrogen and oxygen atoms in total. The highest BCUT2D eigenvalue weighted by atomic mass is 32.2. The molecular formula is C11H18N2O3S2. The van der Waals surface area contributed by atoms with Gasteiger partial charge >= 0.3 is 0 Å². The van der Waals surface area contributed by atoms with Crippen LogP contribution in [0, 0.1) is 0 Å². The van der Waals surface area contributed by atoms with Crippen LogP contribution in [0.1, 0.15) is 25.7 Å². The van der Waals surface area contributed by atoms with Gasteiger partial charge in [0, 0.05) is 24.7 Å². The summed E-state index contributed by atoms with van der Waals surface area (Å²) in [4.78, 5) is 0. The maximum absolute atomic E-state index is 12.2. The summed E-state index contributed by atoms with van der Waals surface area (Å²) in [7, 11) is -2.03. The topological polar surface area (TPSA) is 83.6 Å². The van der Waals surface area contributed by atoms with Gasteiger partial charge in [0.25, 0.3) is 10.0 Å². The number of likely N-dealkylation sites (N-methyl/N-ethyl adjacent to an activating group) is 1. The number of thiophene rings is 1. The molecule has 102 valence electrons. The molecule has 1 heterocycles. The van der Waals surface area contributed by atoms with Crippen LogP contribution in [0.5, 0.6) is 0 Å². The van der Waals surface area contributed by atoms with E-state index >= 15 is 0 Å². The lowest BCUT2D eigenvalue weighted by Gasteiger charge is -2.27. The van der Waals surface area contributed by atoms with Gasteiger partial charge in [-0.25, -0.2) is 8.42 Å². The molecule has 0 saturated heterocycles. The van der Waals surface area contributed by atoms with E-state index in [0.717, 1.165) is 24.2 Å². The maximum Gasteiger partial charge on any atom is 0.252 e. The Bertz CT molecular complexity index is 518. The quantitative estimate of drug-likeness (QED) is 0.874. The molecule has 0 aliphatic heterocycles. The van der Waals surface area contributed by atoms with Crippen molar-refractivity contribution < 1.29 is 13.5 Å². The first kappa shape index (κ1) is 13.8. The number of hydrogen-bond donors (Lipinski definition) is 2. The predicted molar refractivity (Wildman–Crippen MR) is 72.0 cm³/mol. The Hall–Kier alpha value is -0.630. The Morgan fingerprint density at radius 2 is 2.11 bits per heavy atom. The molecule has 0 unspecified atom stereocenters. The molecule has 1 aromatic heterocycles. The molecule has 3 N–H and O–H groups in total. The Kier molecular flexibility index (Phi) is 3.68. The van der Waals surface area contributed by atoms with E-state index < -0.39 is 15.6 Å². The smallest absolute Gasteiger partial charge is 0.252 e. The van der Waals surface area contributed by atoms with E-state index in [2.05, 4.69) is 0 Å². The monoisotopic (exact) mass is 290 g/mol. The summed E-state index contributed by atoms with van der Waals surface area (Å²) in [6.07, 6.45) is 3.24. The third kappa shape index (κ3) is 2.69. The molecule has 1 fully saturated rings. The van der Waals surface area contributed by atoms with Crippen LogP contribution in [0.15, 0.2) is 15.7 Å². The second kappa shape index (κ2) is 4.80. The Morgan fingerprint density at radius 1 is 1.50 bits per heavy atom. The minimum absolute atomic E-state index is 0.146. The molecule has 7 heteroatoms. The van der Waals surface area contributed by atoms with Crippen molar-refractivity contribution in [1.29, 1.82) is 0 Å². The van der Waals surface area contributed by atoms with Crippen molar-refractivity contribution in [3.63, 3.8) is 0 Å². The standard InChI is InChI=1S/C11H18N2O3S2/c1-13(8-11(14)4-2-3-5-11)18(15,16)10-6-9(12)7-17-10/h6-7,14H,2-5,8,12H2,1H3. The van der Waals surface area contributed by atoms with Gasteiger partial charge < -0.3 is 10.8 Å². The van der Waals surface area contributed by atoms with Crippen molar-refractivity contribution in [3.8, 4) is 0 Å². The molecule has 2 rings (SSSR count). The van der Waals surface area contributed by atoms with E-state index in [1.165, 1.54) is 17.4 Å².